The van der Waals surface area contributed by atoms with Crippen molar-refractivity contribution in [3.8, 4) is 11.5 Å². The van der Waals surface area contributed by atoms with Gasteiger partial charge in [-0.25, -0.2) is 8.42 Å². The summed E-state index contributed by atoms with van der Waals surface area (Å²) in [5.74, 6) is 0.507. The minimum atomic E-state index is -4.15. The van der Waals surface area contributed by atoms with Crippen LogP contribution in [-0.2, 0) is 14.8 Å². The van der Waals surface area contributed by atoms with Crippen LogP contribution in [0.25, 0.3) is 6.08 Å². The summed E-state index contributed by atoms with van der Waals surface area (Å²) in [6, 6.07) is 18.6. The van der Waals surface area contributed by atoms with Crippen molar-refractivity contribution in [1.29, 1.82) is 0 Å². The van der Waals surface area contributed by atoms with Gasteiger partial charge in [0.15, 0.2) is 11.5 Å². The predicted octanol–water partition coefficient (Wildman–Crippen LogP) is 6.71. The molecule has 6 nitrogen and oxygen atoms in total. The first-order chi connectivity index (χ1) is 17.8. The number of nitrogens with zero attached hydrogens (tertiary/aromatic N) is 1. The van der Waals surface area contributed by atoms with E-state index in [4.69, 9.17) is 9.47 Å². The summed E-state index contributed by atoms with van der Waals surface area (Å²) >= 11 is 0. The highest BCUT2D eigenvalue weighted by Gasteiger charge is 2.31. The second-order valence-electron chi connectivity index (χ2n) is 8.79. The third kappa shape index (κ3) is 7.01. The smallest absolute Gasteiger partial charge is 0.271 e. The van der Waals surface area contributed by atoms with Crippen LogP contribution in [0.1, 0.15) is 49.3 Å². The molecule has 1 amide bonds. The van der Waals surface area contributed by atoms with E-state index in [2.05, 4.69) is 6.92 Å². The van der Waals surface area contributed by atoms with E-state index in [9.17, 15) is 13.2 Å². The number of carbonyl (C=O) groups excluding carboxylic acids is 1. The van der Waals surface area contributed by atoms with E-state index in [0.717, 1.165) is 29.1 Å². The molecule has 0 bridgehead atoms. The molecule has 3 aromatic rings. The van der Waals surface area contributed by atoms with Crippen LogP contribution in [0.15, 0.2) is 77.7 Å². The standard InChI is InChI=1S/C30H35NO5S/c1-5-6-7-11-21-36-28-19-17-25(22-29(28)35-4)18-20-30(32)31(27-16-12-13-23(2)24(27)3)37(33,34)26-14-9-8-10-15-26/h8-10,12-20,22H,5-7,11,21H2,1-4H3/b20-18+. The molecule has 0 fully saturated rings. The molecule has 0 saturated carbocycles. The van der Waals surface area contributed by atoms with Gasteiger partial charge in [0.25, 0.3) is 15.9 Å². The number of ether oxygens (including phenoxy) is 2. The van der Waals surface area contributed by atoms with Gasteiger partial charge in [-0.3, -0.25) is 4.79 Å². The highest BCUT2D eigenvalue weighted by molar-refractivity contribution is 7.93. The summed E-state index contributed by atoms with van der Waals surface area (Å²) in [6.45, 7) is 6.46. The number of aryl methyl sites for hydroxylation is 1. The van der Waals surface area contributed by atoms with Crippen molar-refractivity contribution in [3.63, 3.8) is 0 Å². The molecule has 3 rings (SSSR count). The Bertz CT molecular complexity index is 1330. The molecule has 0 heterocycles. The molecule has 0 N–H and O–H groups in total. The number of rotatable bonds is 12. The van der Waals surface area contributed by atoms with E-state index in [1.54, 1.807) is 62.6 Å². The molecule has 0 aromatic heterocycles. The van der Waals surface area contributed by atoms with Crippen molar-refractivity contribution < 1.29 is 22.7 Å². The molecule has 196 valence electrons. The molecule has 0 atom stereocenters. The third-order valence-electron chi connectivity index (χ3n) is 6.14. The summed E-state index contributed by atoms with van der Waals surface area (Å²) in [7, 11) is -2.58. The minimum absolute atomic E-state index is 0.0414. The average molecular weight is 522 g/mol. The summed E-state index contributed by atoms with van der Waals surface area (Å²) in [5.41, 5.74) is 2.60. The van der Waals surface area contributed by atoms with Crippen LogP contribution in [0.2, 0.25) is 0 Å². The molecule has 7 heteroatoms. The molecule has 0 aliphatic carbocycles. The lowest BCUT2D eigenvalue weighted by Crippen LogP contribution is -2.36. The first-order valence-electron chi connectivity index (χ1n) is 12.5. The number of methoxy groups -OCH3 is 1. The Balaban J connectivity index is 1.90. The summed E-state index contributed by atoms with van der Waals surface area (Å²) < 4.78 is 39.4. The summed E-state index contributed by atoms with van der Waals surface area (Å²) in [4.78, 5) is 13.5. The topological polar surface area (TPSA) is 72.9 Å². The predicted molar refractivity (Wildman–Crippen MR) is 149 cm³/mol. The minimum Gasteiger partial charge on any atom is -0.493 e. The zero-order chi connectivity index (χ0) is 26.8. The zero-order valence-corrected chi connectivity index (χ0v) is 22.8. The normalized spacial score (nSPS) is 11.5. The summed E-state index contributed by atoms with van der Waals surface area (Å²) in [5, 5.41) is 0. The van der Waals surface area contributed by atoms with E-state index >= 15 is 0 Å². The molecule has 0 radical (unpaired) electrons. The van der Waals surface area contributed by atoms with Gasteiger partial charge in [0.05, 0.1) is 24.3 Å². The van der Waals surface area contributed by atoms with Crippen LogP contribution < -0.4 is 13.8 Å². The average Bonchev–Trinajstić information content (AvgIpc) is 2.90. The molecule has 0 spiro atoms. The zero-order valence-electron chi connectivity index (χ0n) is 21.9. The highest BCUT2D eigenvalue weighted by Crippen LogP contribution is 2.31. The lowest BCUT2D eigenvalue weighted by molar-refractivity contribution is -0.113. The number of sulfonamides is 1. The highest BCUT2D eigenvalue weighted by atomic mass is 32.2. The lowest BCUT2D eigenvalue weighted by Gasteiger charge is -2.24. The Morgan fingerprint density at radius 3 is 2.38 bits per heavy atom. The Labute approximate surface area is 220 Å². The fourth-order valence-corrected chi connectivity index (χ4v) is 5.34. The maximum absolute atomic E-state index is 13.6. The quantitative estimate of drug-likeness (QED) is 0.196. The van der Waals surface area contributed by atoms with Crippen LogP contribution in [0.5, 0.6) is 11.5 Å². The second kappa shape index (κ2) is 13.1. The van der Waals surface area contributed by atoms with Crippen molar-refractivity contribution in [2.24, 2.45) is 0 Å². The molecule has 3 aromatic carbocycles. The summed E-state index contributed by atoms with van der Waals surface area (Å²) in [6.07, 6.45) is 7.27. The van der Waals surface area contributed by atoms with Crippen LogP contribution in [-0.4, -0.2) is 28.0 Å². The fraction of sp³-hybridized carbons (Fsp3) is 0.300. The maximum Gasteiger partial charge on any atom is 0.271 e. The van der Waals surface area contributed by atoms with Gasteiger partial charge in [0.2, 0.25) is 0 Å². The van der Waals surface area contributed by atoms with Gasteiger partial charge in [-0.1, -0.05) is 62.6 Å². The molecule has 0 unspecified atom stereocenters. The van der Waals surface area contributed by atoms with Gasteiger partial charge in [-0.05, 0) is 73.4 Å². The van der Waals surface area contributed by atoms with E-state index in [-0.39, 0.29) is 4.90 Å². The van der Waals surface area contributed by atoms with Gasteiger partial charge in [0, 0.05) is 6.08 Å². The van der Waals surface area contributed by atoms with Crippen LogP contribution in [0.3, 0.4) is 0 Å². The Hall–Kier alpha value is -3.58. The van der Waals surface area contributed by atoms with Crippen LogP contribution in [0.4, 0.5) is 5.69 Å². The van der Waals surface area contributed by atoms with E-state index < -0.39 is 15.9 Å². The maximum atomic E-state index is 13.6. The number of hydrogen-bond donors (Lipinski definition) is 0. The van der Waals surface area contributed by atoms with Gasteiger partial charge in [-0.15, -0.1) is 0 Å². The number of hydrogen-bond acceptors (Lipinski definition) is 5. The third-order valence-corrected chi connectivity index (χ3v) is 7.86. The van der Waals surface area contributed by atoms with Gasteiger partial charge in [-0.2, -0.15) is 4.31 Å². The number of carbonyl (C=O) groups is 1. The molecular weight excluding hydrogens is 486 g/mol. The van der Waals surface area contributed by atoms with E-state index in [1.807, 2.05) is 19.1 Å². The Morgan fingerprint density at radius 1 is 0.919 bits per heavy atom. The molecule has 0 aliphatic rings. The lowest BCUT2D eigenvalue weighted by atomic mass is 10.1. The second-order valence-corrected chi connectivity index (χ2v) is 10.6. The molecule has 0 saturated heterocycles. The molecule has 37 heavy (non-hydrogen) atoms. The molecular formula is C30H35NO5S. The van der Waals surface area contributed by atoms with Gasteiger partial charge in [0.1, 0.15) is 0 Å². The van der Waals surface area contributed by atoms with Crippen molar-refractivity contribution in [2.45, 2.75) is 51.3 Å². The number of anilines is 1. The van der Waals surface area contributed by atoms with E-state index in [1.165, 1.54) is 24.6 Å². The SMILES string of the molecule is CCCCCCOc1ccc(/C=C/C(=O)N(c2cccc(C)c2C)S(=O)(=O)c2ccccc2)cc1OC. The molecule has 0 aliphatic heterocycles. The Morgan fingerprint density at radius 2 is 1.68 bits per heavy atom. The van der Waals surface area contributed by atoms with Crippen molar-refractivity contribution in [3.05, 3.63) is 89.5 Å². The van der Waals surface area contributed by atoms with Gasteiger partial charge < -0.3 is 9.47 Å². The van der Waals surface area contributed by atoms with Crippen LogP contribution >= 0.6 is 0 Å². The van der Waals surface area contributed by atoms with Gasteiger partial charge >= 0.3 is 0 Å². The van der Waals surface area contributed by atoms with Crippen molar-refractivity contribution in [2.75, 3.05) is 18.0 Å². The van der Waals surface area contributed by atoms with E-state index in [0.29, 0.717) is 34.9 Å². The Kier molecular flexibility index (Phi) is 9.92. The number of benzene rings is 3. The monoisotopic (exact) mass is 521 g/mol. The first-order valence-corrected chi connectivity index (χ1v) is 13.9. The first kappa shape index (κ1) is 28.0. The number of amides is 1. The fourth-order valence-electron chi connectivity index (χ4n) is 3.87. The van der Waals surface area contributed by atoms with Crippen molar-refractivity contribution >= 4 is 27.7 Å². The number of unbranched alkanes of at least 4 members (excludes halogenated alkanes) is 3. The van der Waals surface area contributed by atoms with Crippen molar-refractivity contribution in [1.82, 2.24) is 0 Å². The van der Waals surface area contributed by atoms with Crippen LogP contribution in [0, 0.1) is 13.8 Å². The largest absolute Gasteiger partial charge is 0.493 e.